The van der Waals surface area contributed by atoms with Gasteiger partial charge in [0, 0.05) is 13.0 Å². The average Bonchev–Trinajstić information content (AvgIpc) is 3.00. The molecule has 8 atom stereocenters. The van der Waals surface area contributed by atoms with Crippen molar-refractivity contribution >= 4 is 17.7 Å². The molecule has 0 spiro atoms. The molecule has 0 aromatic heterocycles. The third kappa shape index (κ3) is 5.13. The minimum absolute atomic E-state index is 0.106. The zero-order chi connectivity index (χ0) is 20.4. The van der Waals surface area contributed by atoms with Gasteiger partial charge < -0.3 is 30.7 Å². The highest BCUT2D eigenvalue weighted by Crippen LogP contribution is 2.32. The second kappa shape index (κ2) is 9.37. The summed E-state index contributed by atoms with van der Waals surface area (Å²) in [5.41, 5.74) is -2.09. The van der Waals surface area contributed by atoms with Crippen molar-refractivity contribution in [3.63, 3.8) is 0 Å². The molecule has 0 aromatic rings. The number of halogens is 1. The molecule has 0 aromatic carbocycles. The number of hydrogen-bond donors (Lipinski definition) is 5. The van der Waals surface area contributed by atoms with Gasteiger partial charge in [-0.1, -0.05) is 27.2 Å². The van der Waals surface area contributed by atoms with E-state index in [9.17, 15) is 24.5 Å². The molecule has 7 nitrogen and oxygen atoms in total. The van der Waals surface area contributed by atoms with Gasteiger partial charge in [-0.2, -0.15) is 0 Å². The average molecular weight is 409 g/mol. The van der Waals surface area contributed by atoms with E-state index in [0.717, 1.165) is 0 Å². The molecular formula is C18H33FN2O5S. The van der Waals surface area contributed by atoms with E-state index in [-0.39, 0.29) is 24.8 Å². The number of thioether (sulfide) groups is 1. The van der Waals surface area contributed by atoms with E-state index in [1.54, 1.807) is 6.26 Å². The quantitative estimate of drug-likeness (QED) is 0.408. The molecule has 2 heterocycles. The number of hydrogen-bond acceptors (Lipinski definition) is 7. The molecular weight excluding hydrogens is 375 g/mol. The van der Waals surface area contributed by atoms with Crippen molar-refractivity contribution < 1.29 is 29.2 Å². The van der Waals surface area contributed by atoms with Crippen LogP contribution in [-0.4, -0.2) is 81.6 Å². The molecule has 0 saturated carbocycles. The Hall–Kier alpha value is -0.450. The number of nitrogens with one attached hydrogen (secondary N) is 2. The maximum atomic E-state index is 14.7. The fourth-order valence-electron chi connectivity index (χ4n) is 3.90. The van der Waals surface area contributed by atoms with Crippen molar-refractivity contribution in [3.8, 4) is 0 Å². The highest BCUT2D eigenvalue weighted by atomic mass is 32.2. The van der Waals surface area contributed by atoms with Crippen molar-refractivity contribution in [3.05, 3.63) is 0 Å². The first-order valence-corrected chi connectivity index (χ1v) is 10.9. The Bertz CT molecular complexity index is 512. The van der Waals surface area contributed by atoms with E-state index in [1.807, 2.05) is 20.8 Å². The first kappa shape index (κ1) is 22.8. The summed E-state index contributed by atoms with van der Waals surface area (Å²) in [7, 11) is 0. The van der Waals surface area contributed by atoms with Crippen molar-refractivity contribution in [2.45, 2.75) is 87.6 Å². The third-order valence-electron chi connectivity index (χ3n) is 5.47. The van der Waals surface area contributed by atoms with Crippen molar-refractivity contribution in [1.29, 1.82) is 0 Å². The lowest BCUT2D eigenvalue weighted by Crippen LogP contribution is -2.64. The summed E-state index contributed by atoms with van der Waals surface area (Å²) in [4.78, 5) is 12.7. The van der Waals surface area contributed by atoms with Gasteiger partial charge >= 0.3 is 0 Å². The number of rotatable bonds is 7. The number of carbonyl (C=O) groups is 1. The standard InChI is InChI=1S/C18H33FN2O5S/c1-5-6-18(19)7-10(20-8-18)16(25)21-11(9(2)3)15-13(23)12(22)14(24)17(26-15)27-4/h9-15,17,20,22-24H,5-8H2,1-4H3,(H,21,25)/t10?,11-,12+,13-,14-,15-,17-,18?/m1/s1. The Morgan fingerprint density at radius 1 is 1.33 bits per heavy atom. The van der Waals surface area contributed by atoms with Crippen LogP contribution in [0, 0.1) is 5.92 Å². The van der Waals surface area contributed by atoms with E-state index in [1.165, 1.54) is 11.8 Å². The molecule has 2 aliphatic rings. The van der Waals surface area contributed by atoms with Crippen LogP contribution in [-0.2, 0) is 9.53 Å². The number of ether oxygens (including phenoxy) is 1. The summed E-state index contributed by atoms with van der Waals surface area (Å²) >= 11 is 1.22. The fourth-order valence-corrected chi connectivity index (χ4v) is 4.58. The lowest BCUT2D eigenvalue weighted by atomic mass is 9.88. The maximum Gasteiger partial charge on any atom is 0.237 e. The van der Waals surface area contributed by atoms with Crippen molar-refractivity contribution in [2.24, 2.45) is 5.92 Å². The maximum absolute atomic E-state index is 14.7. The van der Waals surface area contributed by atoms with Gasteiger partial charge in [-0.25, -0.2) is 4.39 Å². The van der Waals surface area contributed by atoms with Crippen LogP contribution in [0.2, 0.25) is 0 Å². The summed E-state index contributed by atoms with van der Waals surface area (Å²) < 4.78 is 20.4. The zero-order valence-electron chi connectivity index (χ0n) is 16.4. The summed E-state index contributed by atoms with van der Waals surface area (Å²) in [6.07, 6.45) is -1.85. The smallest absolute Gasteiger partial charge is 0.237 e. The number of aliphatic hydroxyl groups is 3. The molecule has 9 heteroatoms. The molecule has 2 rings (SSSR count). The van der Waals surface area contributed by atoms with Crippen LogP contribution in [0.1, 0.15) is 40.0 Å². The topological polar surface area (TPSA) is 111 Å². The van der Waals surface area contributed by atoms with Crippen LogP contribution in [0.15, 0.2) is 0 Å². The Kier molecular flexibility index (Phi) is 7.92. The first-order chi connectivity index (χ1) is 12.6. The largest absolute Gasteiger partial charge is 0.388 e. The van der Waals surface area contributed by atoms with Crippen molar-refractivity contribution in [1.82, 2.24) is 10.6 Å². The van der Waals surface area contributed by atoms with Gasteiger partial charge in [0.1, 0.15) is 35.5 Å². The minimum Gasteiger partial charge on any atom is -0.388 e. The van der Waals surface area contributed by atoms with E-state index < -0.39 is 47.6 Å². The number of amides is 1. The molecule has 2 fully saturated rings. The Labute approximate surface area is 164 Å². The van der Waals surface area contributed by atoms with Gasteiger partial charge in [0.2, 0.25) is 5.91 Å². The molecule has 2 unspecified atom stereocenters. The zero-order valence-corrected chi connectivity index (χ0v) is 17.2. The van der Waals surface area contributed by atoms with Crippen LogP contribution < -0.4 is 10.6 Å². The Morgan fingerprint density at radius 3 is 2.56 bits per heavy atom. The van der Waals surface area contributed by atoms with Crippen LogP contribution in [0.3, 0.4) is 0 Å². The SMILES string of the molecule is CCCC1(F)CNC(C(=O)N[C@H](C(C)C)[C@H]2O[C@H](SC)[C@H](O)[C@@H](O)[C@H]2O)C1. The lowest BCUT2D eigenvalue weighted by molar-refractivity contribution is -0.208. The molecule has 5 N–H and O–H groups in total. The fraction of sp³-hybridized carbons (Fsp3) is 0.944. The molecule has 0 bridgehead atoms. The highest BCUT2D eigenvalue weighted by molar-refractivity contribution is 7.99. The molecule has 0 radical (unpaired) electrons. The molecule has 158 valence electrons. The van der Waals surface area contributed by atoms with Gasteiger partial charge in [-0.05, 0) is 18.6 Å². The number of aliphatic hydroxyl groups excluding tert-OH is 3. The molecule has 0 aliphatic carbocycles. The summed E-state index contributed by atoms with van der Waals surface area (Å²) in [5, 5.41) is 36.4. The predicted octanol–water partition coefficient (Wildman–Crippen LogP) is 0.168. The van der Waals surface area contributed by atoms with Crippen molar-refractivity contribution in [2.75, 3.05) is 12.8 Å². The predicted molar refractivity (Wildman–Crippen MR) is 102 cm³/mol. The van der Waals surface area contributed by atoms with Gasteiger partial charge in [-0.3, -0.25) is 4.79 Å². The first-order valence-electron chi connectivity index (χ1n) is 9.58. The third-order valence-corrected chi connectivity index (χ3v) is 6.32. The van der Waals surface area contributed by atoms with E-state index in [2.05, 4.69) is 10.6 Å². The van der Waals surface area contributed by atoms with Crippen LogP contribution in [0.25, 0.3) is 0 Å². The molecule has 1 amide bonds. The monoisotopic (exact) mass is 408 g/mol. The highest BCUT2D eigenvalue weighted by Gasteiger charge is 2.48. The number of alkyl halides is 1. The lowest BCUT2D eigenvalue weighted by Gasteiger charge is -2.44. The van der Waals surface area contributed by atoms with Crippen LogP contribution in [0.5, 0.6) is 0 Å². The van der Waals surface area contributed by atoms with Crippen LogP contribution >= 0.6 is 11.8 Å². The minimum atomic E-state index is -1.38. The second-order valence-electron chi connectivity index (χ2n) is 7.99. The summed E-state index contributed by atoms with van der Waals surface area (Å²) in [6.45, 7) is 5.79. The van der Waals surface area contributed by atoms with Crippen LogP contribution in [0.4, 0.5) is 4.39 Å². The van der Waals surface area contributed by atoms with Gasteiger partial charge in [-0.15, -0.1) is 11.8 Å². The van der Waals surface area contributed by atoms with Gasteiger partial charge in [0.05, 0.1) is 12.1 Å². The molecule has 2 aliphatic heterocycles. The van der Waals surface area contributed by atoms with Gasteiger partial charge in [0.25, 0.3) is 0 Å². The van der Waals surface area contributed by atoms with E-state index >= 15 is 0 Å². The number of carbonyl (C=O) groups excluding carboxylic acids is 1. The Morgan fingerprint density at radius 2 is 2.00 bits per heavy atom. The Balaban J connectivity index is 2.08. The summed E-state index contributed by atoms with van der Waals surface area (Å²) in [6, 6.07) is -1.23. The second-order valence-corrected chi connectivity index (χ2v) is 8.93. The van der Waals surface area contributed by atoms with E-state index in [0.29, 0.717) is 12.8 Å². The molecule has 27 heavy (non-hydrogen) atoms. The van der Waals surface area contributed by atoms with Gasteiger partial charge in [0.15, 0.2) is 0 Å². The normalized spacial score (nSPS) is 40.9. The summed E-state index contributed by atoms with van der Waals surface area (Å²) in [5.74, 6) is -0.452. The van der Waals surface area contributed by atoms with E-state index in [4.69, 9.17) is 4.74 Å². The molecule has 2 saturated heterocycles.